The zero-order valence-corrected chi connectivity index (χ0v) is 17.3. The maximum absolute atomic E-state index is 13.0. The molecular weight excluding hydrogens is 346 g/mol. The van der Waals surface area contributed by atoms with E-state index in [1.54, 1.807) is 20.8 Å². The van der Waals surface area contributed by atoms with Gasteiger partial charge in [0, 0.05) is 6.61 Å². The van der Waals surface area contributed by atoms with Crippen LogP contribution in [0.3, 0.4) is 0 Å². The molecular formula is C21H33NO5. The van der Waals surface area contributed by atoms with Crippen molar-refractivity contribution in [3.05, 3.63) is 35.9 Å². The number of aliphatic hydroxyl groups is 1. The average molecular weight is 379 g/mol. The highest BCUT2D eigenvalue weighted by atomic mass is 16.6. The van der Waals surface area contributed by atoms with Gasteiger partial charge in [-0.25, -0.2) is 0 Å². The third kappa shape index (κ3) is 6.96. The largest absolute Gasteiger partial charge is 0.460 e. The first-order valence-corrected chi connectivity index (χ1v) is 9.20. The van der Waals surface area contributed by atoms with Gasteiger partial charge in [0.1, 0.15) is 17.7 Å². The summed E-state index contributed by atoms with van der Waals surface area (Å²) in [6.07, 6.45) is 0.122. The van der Waals surface area contributed by atoms with Crippen LogP contribution in [0, 0.1) is 5.41 Å². The average Bonchev–Trinajstić information content (AvgIpc) is 2.55. The molecule has 0 aliphatic heterocycles. The zero-order chi connectivity index (χ0) is 20.7. The lowest BCUT2D eigenvalue weighted by Gasteiger charge is -2.44. The smallest absolute Gasteiger partial charge is 0.327 e. The minimum absolute atomic E-state index is 0.122. The number of carbonyl (C=O) groups is 2. The second kappa shape index (κ2) is 9.33. The lowest BCUT2D eigenvalue weighted by Crippen LogP contribution is -2.63. The van der Waals surface area contributed by atoms with Crippen LogP contribution >= 0.6 is 0 Å². The Labute approximate surface area is 162 Å². The quantitative estimate of drug-likeness (QED) is 0.676. The number of hydrogen-bond donors (Lipinski definition) is 2. The summed E-state index contributed by atoms with van der Waals surface area (Å²) in [6.45, 7) is 10.7. The molecule has 0 radical (unpaired) electrons. The molecule has 0 amide bonds. The summed E-state index contributed by atoms with van der Waals surface area (Å²) in [6, 6.07) is 9.37. The Morgan fingerprint density at radius 3 is 2.11 bits per heavy atom. The second-order valence-electron chi connectivity index (χ2n) is 8.63. The van der Waals surface area contributed by atoms with Crippen molar-refractivity contribution in [3.8, 4) is 0 Å². The summed E-state index contributed by atoms with van der Waals surface area (Å²) >= 11 is 0. The van der Waals surface area contributed by atoms with Crippen molar-refractivity contribution in [1.29, 1.82) is 0 Å². The van der Waals surface area contributed by atoms with Gasteiger partial charge in [0.2, 0.25) is 0 Å². The van der Waals surface area contributed by atoms with Gasteiger partial charge in [-0.05, 0) is 38.2 Å². The summed E-state index contributed by atoms with van der Waals surface area (Å²) in [5.74, 6) is -0.971. The number of esters is 2. The third-order valence-corrected chi connectivity index (χ3v) is 4.29. The number of ether oxygens (including phenoxy) is 2. The van der Waals surface area contributed by atoms with Gasteiger partial charge in [-0.2, -0.15) is 0 Å². The molecule has 0 heterocycles. The van der Waals surface area contributed by atoms with Crippen LogP contribution in [0.1, 0.15) is 53.5 Å². The van der Waals surface area contributed by atoms with E-state index >= 15 is 0 Å². The summed E-state index contributed by atoms with van der Waals surface area (Å²) in [5, 5.41) is 12.6. The Kier molecular flexibility index (Phi) is 7.99. The van der Waals surface area contributed by atoms with Crippen molar-refractivity contribution in [1.82, 2.24) is 5.32 Å². The maximum atomic E-state index is 13.0. The van der Waals surface area contributed by atoms with Crippen LogP contribution in [-0.2, 0) is 25.7 Å². The number of carbonyl (C=O) groups excluding carboxylic acids is 2. The minimum Gasteiger partial charge on any atom is -0.460 e. The van der Waals surface area contributed by atoms with Crippen molar-refractivity contribution in [2.24, 2.45) is 5.41 Å². The molecule has 6 nitrogen and oxygen atoms in total. The molecule has 1 rings (SSSR count). The fourth-order valence-electron chi connectivity index (χ4n) is 2.75. The van der Waals surface area contributed by atoms with E-state index in [4.69, 9.17) is 9.47 Å². The van der Waals surface area contributed by atoms with Crippen molar-refractivity contribution < 1.29 is 24.2 Å². The van der Waals surface area contributed by atoms with Gasteiger partial charge in [-0.3, -0.25) is 14.9 Å². The van der Waals surface area contributed by atoms with E-state index in [-0.39, 0.29) is 26.2 Å². The van der Waals surface area contributed by atoms with Crippen molar-refractivity contribution >= 4 is 11.9 Å². The topological polar surface area (TPSA) is 84.9 Å². The van der Waals surface area contributed by atoms with Gasteiger partial charge >= 0.3 is 11.9 Å². The van der Waals surface area contributed by atoms with Gasteiger partial charge in [-0.15, -0.1) is 0 Å². The van der Waals surface area contributed by atoms with E-state index in [9.17, 15) is 14.7 Å². The van der Waals surface area contributed by atoms with E-state index in [1.807, 2.05) is 51.1 Å². The van der Waals surface area contributed by atoms with E-state index < -0.39 is 28.5 Å². The Bertz CT molecular complexity index is 616. The van der Waals surface area contributed by atoms with Crippen LogP contribution in [0.25, 0.3) is 0 Å². The first-order valence-electron chi connectivity index (χ1n) is 9.20. The van der Waals surface area contributed by atoms with Gasteiger partial charge in [-0.1, -0.05) is 51.1 Å². The SMILES string of the molecule is CC(C)(C)OC(=O)C(CCO)(NCC(=O)OCc1ccccc1)C(C)(C)C. The molecule has 0 aliphatic rings. The molecule has 1 unspecified atom stereocenters. The predicted octanol–water partition coefficient (Wildman–Crippen LogP) is 2.83. The molecule has 2 N–H and O–H groups in total. The number of aliphatic hydroxyl groups excluding tert-OH is 1. The fraction of sp³-hybridized carbons (Fsp3) is 0.619. The molecule has 6 heteroatoms. The number of nitrogens with one attached hydrogen (secondary N) is 1. The van der Waals surface area contributed by atoms with Crippen LogP contribution in [0.4, 0.5) is 0 Å². The van der Waals surface area contributed by atoms with Crippen molar-refractivity contribution in [2.45, 2.75) is 65.7 Å². The lowest BCUT2D eigenvalue weighted by molar-refractivity contribution is -0.170. The molecule has 1 aromatic carbocycles. The highest BCUT2D eigenvalue weighted by Gasteiger charge is 2.50. The van der Waals surface area contributed by atoms with Crippen molar-refractivity contribution in [3.63, 3.8) is 0 Å². The molecule has 0 aliphatic carbocycles. The maximum Gasteiger partial charge on any atom is 0.327 e. The molecule has 27 heavy (non-hydrogen) atoms. The first kappa shape index (κ1) is 23.1. The fourth-order valence-corrected chi connectivity index (χ4v) is 2.75. The van der Waals surface area contributed by atoms with Crippen LogP contribution in [-0.4, -0.2) is 41.3 Å². The second-order valence-corrected chi connectivity index (χ2v) is 8.63. The van der Waals surface area contributed by atoms with Gasteiger partial charge in [0.15, 0.2) is 0 Å². The molecule has 0 spiro atoms. The standard InChI is InChI=1S/C21H33NO5/c1-19(2,3)21(12-13-23,18(25)27-20(4,5)6)22-14-17(24)26-15-16-10-8-7-9-11-16/h7-11,22-23H,12-15H2,1-6H3. The summed E-state index contributed by atoms with van der Waals surface area (Å²) < 4.78 is 10.9. The monoisotopic (exact) mass is 379 g/mol. The molecule has 152 valence electrons. The van der Waals surface area contributed by atoms with Crippen LogP contribution < -0.4 is 5.32 Å². The first-order chi connectivity index (χ1) is 12.4. The third-order valence-electron chi connectivity index (χ3n) is 4.29. The Morgan fingerprint density at radius 1 is 1.04 bits per heavy atom. The minimum atomic E-state index is -1.22. The molecule has 0 bridgehead atoms. The molecule has 1 atom stereocenters. The summed E-state index contributed by atoms with van der Waals surface area (Å²) in [4.78, 5) is 25.2. The molecule has 1 aromatic rings. The van der Waals surface area contributed by atoms with E-state index in [0.29, 0.717) is 0 Å². The predicted molar refractivity (Wildman–Crippen MR) is 104 cm³/mol. The Hall–Kier alpha value is -1.92. The summed E-state index contributed by atoms with van der Waals surface area (Å²) in [7, 11) is 0. The Morgan fingerprint density at radius 2 is 1.63 bits per heavy atom. The highest BCUT2D eigenvalue weighted by molar-refractivity contribution is 5.83. The summed E-state index contributed by atoms with van der Waals surface area (Å²) in [5.41, 5.74) is -1.62. The number of hydrogen-bond acceptors (Lipinski definition) is 6. The van der Waals surface area contributed by atoms with Gasteiger partial charge in [0.25, 0.3) is 0 Å². The van der Waals surface area contributed by atoms with E-state index in [2.05, 4.69) is 5.32 Å². The molecule has 0 aromatic heterocycles. The zero-order valence-electron chi connectivity index (χ0n) is 17.3. The highest BCUT2D eigenvalue weighted by Crippen LogP contribution is 2.35. The Balaban J connectivity index is 2.86. The molecule has 0 fully saturated rings. The van der Waals surface area contributed by atoms with Gasteiger partial charge in [0.05, 0.1) is 6.54 Å². The van der Waals surface area contributed by atoms with Crippen LogP contribution in [0.5, 0.6) is 0 Å². The van der Waals surface area contributed by atoms with Crippen LogP contribution in [0.15, 0.2) is 30.3 Å². The number of rotatable bonds is 8. The van der Waals surface area contributed by atoms with Crippen LogP contribution in [0.2, 0.25) is 0 Å². The van der Waals surface area contributed by atoms with E-state index in [1.165, 1.54) is 0 Å². The van der Waals surface area contributed by atoms with E-state index in [0.717, 1.165) is 5.56 Å². The molecule has 0 saturated heterocycles. The number of benzene rings is 1. The van der Waals surface area contributed by atoms with Crippen molar-refractivity contribution in [2.75, 3.05) is 13.2 Å². The normalized spacial score (nSPS) is 14.3. The lowest BCUT2D eigenvalue weighted by atomic mass is 9.71. The van der Waals surface area contributed by atoms with Gasteiger partial charge < -0.3 is 14.6 Å². The molecule has 0 saturated carbocycles.